The van der Waals surface area contributed by atoms with Crippen LogP contribution >= 0.6 is 23.1 Å². The van der Waals surface area contributed by atoms with Crippen LogP contribution < -0.4 is 4.90 Å². The molecule has 0 N–H and O–H groups in total. The molecule has 0 spiro atoms. The number of rotatable bonds is 4. The second kappa shape index (κ2) is 7.35. The van der Waals surface area contributed by atoms with Gasteiger partial charge in [-0.1, -0.05) is 11.8 Å². The number of fused-ring (bicyclic) bond motifs is 1. The first-order chi connectivity index (χ1) is 12.2. The van der Waals surface area contributed by atoms with Crippen molar-refractivity contribution in [1.82, 2.24) is 19.7 Å². The standard InChI is InChI=1S/C16H21N5O2S2/c1-19-15(20-5-7-23-8-6-20)17-18-16(19)25-11-14(22)21-4-2-13-12(10-21)3-9-24-13/h3,9H,2,4-8,10-11H2,1H3. The van der Waals surface area contributed by atoms with Crippen molar-refractivity contribution in [3.8, 4) is 0 Å². The molecule has 25 heavy (non-hydrogen) atoms. The minimum Gasteiger partial charge on any atom is -0.378 e. The molecule has 0 radical (unpaired) electrons. The molecule has 4 rings (SSSR count). The summed E-state index contributed by atoms with van der Waals surface area (Å²) in [7, 11) is 1.95. The largest absolute Gasteiger partial charge is 0.378 e. The summed E-state index contributed by atoms with van der Waals surface area (Å²) in [6, 6.07) is 2.13. The number of carbonyl (C=O) groups is 1. The molecule has 1 saturated heterocycles. The summed E-state index contributed by atoms with van der Waals surface area (Å²) in [6.45, 7) is 4.63. The smallest absolute Gasteiger partial charge is 0.233 e. The molecule has 2 aliphatic heterocycles. The minimum absolute atomic E-state index is 0.165. The van der Waals surface area contributed by atoms with Gasteiger partial charge in [-0.2, -0.15) is 0 Å². The predicted molar refractivity (Wildman–Crippen MR) is 98.2 cm³/mol. The molecule has 0 saturated carbocycles. The first kappa shape index (κ1) is 16.9. The lowest BCUT2D eigenvalue weighted by Crippen LogP contribution is -2.37. The SMILES string of the molecule is Cn1c(SCC(=O)N2CCc3sccc3C2)nnc1N1CCOCC1. The van der Waals surface area contributed by atoms with Crippen molar-refractivity contribution in [2.24, 2.45) is 7.05 Å². The molecule has 0 aromatic carbocycles. The second-order valence-corrected chi connectivity index (χ2v) is 8.11. The average molecular weight is 380 g/mol. The molecule has 4 heterocycles. The second-order valence-electron chi connectivity index (χ2n) is 6.16. The number of thiophene rings is 1. The summed E-state index contributed by atoms with van der Waals surface area (Å²) in [5.74, 6) is 1.41. The van der Waals surface area contributed by atoms with Crippen molar-refractivity contribution in [3.05, 3.63) is 21.9 Å². The van der Waals surface area contributed by atoms with Gasteiger partial charge in [-0.05, 0) is 23.4 Å². The van der Waals surface area contributed by atoms with Gasteiger partial charge in [-0.25, -0.2) is 0 Å². The van der Waals surface area contributed by atoms with Crippen LogP contribution in [0.3, 0.4) is 0 Å². The van der Waals surface area contributed by atoms with E-state index < -0.39 is 0 Å². The Morgan fingerprint density at radius 3 is 3.00 bits per heavy atom. The summed E-state index contributed by atoms with van der Waals surface area (Å²) in [4.78, 5) is 18.1. The van der Waals surface area contributed by atoms with Crippen LogP contribution in [0.5, 0.6) is 0 Å². The lowest BCUT2D eigenvalue weighted by atomic mass is 10.1. The lowest BCUT2D eigenvalue weighted by molar-refractivity contribution is -0.129. The van der Waals surface area contributed by atoms with Crippen molar-refractivity contribution in [3.63, 3.8) is 0 Å². The zero-order valence-electron chi connectivity index (χ0n) is 14.2. The van der Waals surface area contributed by atoms with E-state index in [0.717, 1.165) is 43.7 Å². The Hall–Kier alpha value is -1.58. The number of carbonyl (C=O) groups excluding carboxylic acids is 1. The van der Waals surface area contributed by atoms with Crippen LogP contribution in [0.25, 0.3) is 0 Å². The van der Waals surface area contributed by atoms with Gasteiger partial charge in [0.25, 0.3) is 0 Å². The van der Waals surface area contributed by atoms with Gasteiger partial charge in [0.05, 0.1) is 19.0 Å². The number of amides is 1. The Balaban J connectivity index is 1.35. The first-order valence-electron chi connectivity index (χ1n) is 8.40. The Morgan fingerprint density at radius 1 is 1.32 bits per heavy atom. The van der Waals surface area contributed by atoms with Crippen LogP contribution in [0.2, 0.25) is 0 Å². The maximum atomic E-state index is 12.5. The molecule has 7 nitrogen and oxygen atoms in total. The number of hydrogen-bond acceptors (Lipinski definition) is 7. The molecule has 0 aliphatic carbocycles. The summed E-state index contributed by atoms with van der Waals surface area (Å²) in [5.41, 5.74) is 1.29. The molecular formula is C16H21N5O2S2. The van der Waals surface area contributed by atoms with Crippen LogP contribution in [0.1, 0.15) is 10.4 Å². The summed E-state index contributed by atoms with van der Waals surface area (Å²) < 4.78 is 7.35. The molecule has 134 valence electrons. The van der Waals surface area contributed by atoms with Crippen LogP contribution in [0.4, 0.5) is 5.95 Å². The molecule has 0 unspecified atom stereocenters. The van der Waals surface area contributed by atoms with Crippen LogP contribution in [-0.4, -0.2) is 64.2 Å². The highest BCUT2D eigenvalue weighted by Gasteiger charge is 2.23. The van der Waals surface area contributed by atoms with E-state index in [9.17, 15) is 4.79 Å². The highest BCUT2D eigenvalue weighted by atomic mass is 32.2. The van der Waals surface area contributed by atoms with Crippen molar-refractivity contribution < 1.29 is 9.53 Å². The monoisotopic (exact) mass is 379 g/mol. The fourth-order valence-electron chi connectivity index (χ4n) is 3.15. The highest BCUT2D eigenvalue weighted by Crippen LogP contribution is 2.26. The van der Waals surface area contributed by atoms with Gasteiger partial charge >= 0.3 is 0 Å². The quantitative estimate of drug-likeness (QED) is 0.748. The van der Waals surface area contributed by atoms with Crippen molar-refractivity contribution in [1.29, 1.82) is 0 Å². The maximum Gasteiger partial charge on any atom is 0.233 e. The summed E-state index contributed by atoms with van der Waals surface area (Å²) in [6.07, 6.45) is 0.967. The molecule has 2 aromatic heterocycles. The van der Waals surface area contributed by atoms with E-state index in [-0.39, 0.29) is 5.91 Å². The number of morpholine rings is 1. The molecule has 1 amide bonds. The van der Waals surface area contributed by atoms with Gasteiger partial charge in [0.2, 0.25) is 11.9 Å². The van der Waals surface area contributed by atoms with Crippen LogP contribution in [-0.2, 0) is 29.5 Å². The van der Waals surface area contributed by atoms with Gasteiger partial charge < -0.3 is 14.5 Å². The van der Waals surface area contributed by atoms with Crippen molar-refractivity contribution in [2.75, 3.05) is 43.5 Å². The highest BCUT2D eigenvalue weighted by molar-refractivity contribution is 7.99. The molecule has 0 bridgehead atoms. The zero-order chi connectivity index (χ0) is 17.2. The van der Waals surface area contributed by atoms with E-state index in [2.05, 4.69) is 26.5 Å². The third kappa shape index (κ3) is 3.54. The van der Waals surface area contributed by atoms with Crippen molar-refractivity contribution in [2.45, 2.75) is 18.1 Å². The number of thioether (sulfide) groups is 1. The summed E-state index contributed by atoms with van der Waals surface area (Å²) in [5, 5.41) is 11.4. The topological polar surface area (TPSA) is 63.5 Å². The maximum absolute atomic E-state index is 12.5. The molecule has 9 heteroatoms. The number of anilines is 1. The van der Waals surface area contributed by atoms with Crippen molar-refractivity contribution >= 4 is 35.0 Å². The Morgan fingerprint density at radius 2 is 2.16 bits per heavy atom. The van der Waals surface area contributed by atoms with E-state index in [0.29, 0.717) is 19.0 Å². The van der Waals surface area contributed by atoms with E-state index in [1.807, 2.05) is 16.5 Å². The number of hydrogen-bond donors (Lipinski definition) is 0. The van der Waals surface area contributed by atoms with Crippen LogP contribution in [0, 0.1) is 0 Å². The molecule has 2 aromatic rings. The fraction of sp³-hybridized carbons (Fsp3) is 0.562. The Labute approximate surface area is 155 Å². The third-order valence-electron chi connectivity index (χ3n) is 4.59. The average Bonchev–Trinajstić information content (AvgIpc) is 3.26. The van der Waals surface area contributed by atoms with E-state index >= 15 is 0 Å². The number of ether oxygens (including phenoxy) is 1. The number of aromatic nitrogens is 3. The predicted octanol–water partition coefficient (Wildman–Crippen LogP) is 1.39. The van der Waals surface area contributed by atoms with Gasteiger partial charge in [0.1, 0.15) is 0 Å². The molecular weight excluding hydrogens is 358 g/mol. The first-order valence-corrected chi connectivity index (χ1v) is 10.3. The van der Waals surface area contributed by atoms with Crippen LogP contribution in [0.15, 0.2) is 16.6 Å². The van der Waals surface area contributed by atoms with Gasteiger partial charge in [-0.3, -0.25) is 9.36 Å². The molecule has 2 aliphatic rings. The molecule has 0 atom stereocenters. The Kier molecular flexibility index (Phi) is 4.96. The lowest BCUT2D eigenvalue weighted by Gasteiger charge is -2.27. The Bertz CT molecular complexity index is 754. The number of nitrogens with zero attached hydrogens (tertiary/aromatic N) is 5. The third-order valence-corrected chi connectivity index (χ3v) is 6.62. The van der Waals surface area contributed by atoms with E-state index in [1.54, 1.807) is 11.3 Å². The summed E-state index contributed by atoms with van der Waals surface area (Å²) >= 11 is 3.25. The van der Waals surface area contributed by atoms with Gasteiger partial charge in [0.15, 0.2) is 5.16 Å². The normalized spacial score (nSPS) is 17.6. The molecule has 1 fully saturated rings. The zero-order valence-corrected chi connectivity index (χ0v) is 15.8. The fourth-order valence-corrected chi connectivity index (χ4v) is 4.85. The van der Waals surface area contributed by atoms with E-state index in [1.165, 1.54) is 22.2 Å². The van der Waals surface area contributed by atoms with Gasteiger partial charge in [0, 0.05) is 38.1 Å². The van der Waals surface area contributed by atoms with Gasteiger partial charge in [-0.15, -0.1) is 21.5 Å². The minimum atomic E-state index is 0.165. The van der Waals surface area contributed by atoms with E-state index in [4.69, 9.17) is 4.74 Å².